The fourth-order valence-corrected chi connectivity index (χ4v) is 2.74. The van der Waals surface area contributed by atoms with Crippen LogP contribution in [0.5, 0.6) is 0 Å². The van der Waals surface area contributed by atoms with Gasteiger partial charge in [0, 0.05) is 12.1 Å². The van der Waals surface area contributed by atoms with E-state index < -0.39 is 0 Å². The molecule has 0 aromatic heterocycles. The third kappa shape index (κ3) is 2.92. The van der Waals surface area contributed by atoms with E-state index in [4.69, 9.17) is 12.2 Å². The number of rotatable bonds is 3. The van der Waals surface area contributed by atoms with Crippen LogP contribution in [0.1, 0.15) is 12.5 Å². The monoisotopic (exact) mass is 307 g/mol. The van der Waals surface area contributed by atoms with Crippen molar-refractivity contribution in [1.29, 1.82) is 0 Å². The van der Waals surface area contributed by atoms with Crippen LogP contribution in [-0.4, -0.2) is 17.9 Å². The lowest BCUT2D eigenvalue weighted by molar-refractivity contribution is 0.904. The van der Waals surface area contributed by atoms with Gasteiger partial charge in [0.05, 0.1) is 6.21 Å². The van der Waals surface area contributed by atoms with E-state index >= 15 is 0 Å². The summed E-state index contributed by atoms with van der Waals surface area (Å²) in [7, 11) is 0. The zero-order valence-corrected chi connectivity index (χ0v) is 13.2. The summed E-state index contributed by atoms with van der Waals surface area (Å²) in [4.78, 5) is 0. The molecule has 3 aromatic carbocycles. The highest BCUT2D eigenvalue weighted by Gasteiger charge is 2.05. The molecule has 0 aliphatic rings. The fraction of sp³-hybridized carbons (Fsp3) is 0.111. The van der Waals surface area contributed by atoms with E-state index in [1.807, 2.05) is 25.3 Å². The number of benzene rings is 3. The summed E-state index contributed by atoms with van der Waals surface area (Å²) < 4.78 is 0. The first-order valence-electron chi connectivity index (χ1n) is 7.27. The Balaban J connectivity index is 2.08. The molecule has 0 saturated carbocycles. The zero-order chi connectivity index (χ0) is 15.4. The van der Waals surface area contributed by atoms with Crippen LogP contribution in [0, 0.1) is 0 Å². The van der Waals surface area contributed by atoms with Crippen molar-refractivity contribution in [1.82, 2.24) is 10.7 Å². The predicted molar refractivity (Wildman–Crippen MR) is 98.5 cm³/mol. The maximum Gasteiger partial charge on any atom is 0.186 e. The van der Waals surface area contributed by atoms with E-state index in [9.17, 15) is 0 Å². The molecule has 0 amide bonds. The van der Waals surface area contributed by atoms with Crippen LogP contribution in [0.2, 0.25) is 0 Å². The van der Waals surface area contributed by atoms with Gasteiger partial charge in [0.2, 0.25) is 0 Å². The van der Waals surface area contributed by atoms with Crippen LogP contribution in [0.3, 0.4) is 0 Å². The highest BCUT2D eigenvalue weighted by molar-refractivity contribution is 7.80. The largest absolute Gasteiger partial charge is 0.362 e. The smallest absolute Gasteiger partial charge is 0.186 e. The van der Waals surface area contributed by atoms with Crippen molar-refractivity contribution in [3.8, 4) is 0 Å². The normalized spacial score (nSPS) is 11.1. The molecular formula is C18H17N3S. The summed E-state index contributed by atoms with van der Waals surface area (Å²) in [5.74, 6) is 0. The van der Waals surface area contributed by atoms with Gasteiger partial charge in [-0.25, -0.2) is 0 Å². The molecule has 0 spiro atoms. The number of hydrogen-bond donors (Lipinski definition) is 2. The molecule has 0 fully saturated rings. The molecule has 4 heteroatoms. The second-order valence-electron chi connectivity index (χ2n) is 4.96. The number of hydrogen-bond acceptors (Lipinski definition) is 2. The van der Waals surface area contributed by atoms with Gasteiger partial charge in [-0.05, 0) is 46.8 Å². The third-order valence-corrected chi connectivity index (χ3v) is 3.75. The van der Waals surface area contributed by atoms with Crippen molar-refractivity contribution >= 4 is 45.1 Å². The molecule has 0 unspecified atom stereocenters. The van der Waals surface area contributed by atoms with Gasteiger partial charge in [-0.2, -0.15) is 5.10 Å². The van der Waals surface area contributed by atoms with Crippen molar-refractivity contribution in [2.75, 3.05) is 6.54 Å². The van der Waals surface area contributed by atoms with Crippen LogP contribution >= 0.6 is 12.2 Å². The molecule has 0 aliphatic heterocycles. The summed E-state index contributed by atoms with van der Waals surface area (Å²) in [6.45, 7) is 2.77. The quantitative estimate of drug-likeness (QED) is 0.334. The van der Waals surface area contributed by atoms with Gasteiger partial charge < -0.3 is 5.32 Å². The molecule has 0 heterocycles. The summed E-state index contributed by atoms with van der Waals surface area (Å²) in [5.41, 5.74) is 3.95. The molecule has 0 atom stereocenters. The van der Waals surface area contributed by atoms with Crippen molar-refractivity contribution in [3.05, 3.63) is 60.2 Å². The number of fused-ring (bicyclic) bond motifs is 2. The molecule has 3 aromatic rings. The minimum atomic E-state index is 0.531. The standard InChI is InChI=1S/C18H17N3S/c1-2-19-18(22)21-20-12-17-15-9-5-3-7-13(15)11-14-8-4-6-10-16(14)17/h3-12H,2H2,1H3,(H2,19,21,22)/b20-12-. The van der Waals surface area contributed by atoms with Crippen LogP contribution in [0.4, 0.5) is 0 Å². The second-order valence-corrected chi connectivity index (χ2v) is 5.37. The number of nitrogens with zero attached hydrogens (tertiary/aromatic N) is 1. The van der Waals surface area contributed by atoms with Gasteiger partial charge in [-0.15, -0.1) is 0 Å². The maximum atomic E-state index is 5.12. The minimum absolute atomic E-state index is 0.531. The van der Waals surface area contributed by atoms with E-state index in [0.29, 0.717) is 5.11 Å². The van der Waals surface area contributed by atoms with E-state index in [2.05, 4.69) is 58.3 Å². The van der Waals surface area contributed by atoms with E-state index in [1.165, 1.54) is 21.5 Å². The van der Waals surface area contributed by atoms with Crippen LogP contribution in [0.25, 0.3) is 21.5 Å². The fourth-order valence-electron chi connectivity index (χ4n) is 2.54. The SMILES string of the molecule is CCNC(=S)N/N=C\c1c2ccccc2cc2ccccc12. The Morgan fingerprint density at radius 3 is 2.23 bits per heavy atom. The Labute approximate surface area is 135 Å². The lowest BCUT2D eigenvalue weighted by Gasteiger charge is -2.08. The highest BCUT2D eigenvalue weighted by Crippen LogP contribution is 2.27. The second kappa shape index (κ2) is 6.54. The van der Waals surface area contributed by atoms with Gasteiger partial charge in [-0.1, -0.05) is 48.5 Å². The first-order chi connectivity index (χ1) is 10.8. The molecule has 22 heavy (non-hydrogen) atoms. The Hall–Kier alpha value is -2.46. The van der Waals surface area contributed by atoms with Gasteiger partial charge in [0.25, 0.3) is 0 Å². The van der Waals surface area contributed by atoms with Crippen LogP contribution in [-0.2, 0) is 0 Å². The van der Waals surface area contributed by atoms with E-state index in [1.54, 1.807) is 0 Å². The average Bonchev–Trinajstić information content (AvgIpc) is 2.54. The summed E-state index contributed by atoms with van der Waals surface area (Å²) >= 11 is 5.12. The molecule has 0 saturated heterocycles. The van der Waals surface area contributed by atoms with Crippen molar-refractivity contribution in [2.45, 2.75) is 6.92 Å². The van der Waals surface area contributed by atoms with Crippen molar-refractivity contribution in [2.24, 2.45) is 5.10 Å². The summed E-state index contributed by atoms with van der Waals surface area (Å²) in [6.07, 6.45) is 1.84. The van der Waals surface area contributed by atoms with Gasteiger partial charge in [0.1, 0.15) is 0 Å². The van der Waals surface area contributed by atoms with Crippen LogP contribution < -0.4 is 10.7 Å². The molecule has 3 nitrogen and oxygen atoms in total. The molecule has 0 radical (unpaired) electrons. The topological polar surface area (TPSA) is 36.4 Å². The molecule has 0 aliphatic carbocycles. The molecular weight excluding hydrogens is 290 g/mol. The number of nitrogens with one attached hydrogen (secondary N) is 2. The van der Waals surface area contributed by atoms with E-state index in [-0.39, 0.29) is 0 Å². The van der Waals surface area contributed by atoms with Crippen molar-refractivity contribution in [3.63, 3.8) is 0 Å². The predicted octanol–water partition coefficient (Wildman–Crippen LogP) is 3.81. The lowest BCUT2D eigenvalue weighted by atomic mass is 9.97. The van der Waals surface area contributed by atoms with Gasteiger partial charge in [0.15, 0.2) is 5.11 Å². The third-order valence-electron chi connectivity index (χ3n) is 3.51. The number of thiocarbonyl (C=S) groups is 1. The summed E-state index contributed by atoms with van der Waals surface area (Å²) in [5, 5.41) is 12.6. The minimum Gasteiger partial charge on any atom is -0.362 e. The highest BCUT2D eigenvalue weighted by atomic mass is 32.1. The Kier molecular flexibility index (Phi) is 4.30. The first kappa shape index (κ1) is 14.5. The van der Waals surface area contributed by atoms with Gasteiger partial charge >= 0.3 is 0 Å². The van der Waals surface area contributed by atoms with Gasteiger partial charge in [-0.3, -0.25) is 5.43 Å². The molecule has 2 N–H and O–H groups in total. The molecule has 110 valence electrons. The number of hydrazone groups is 1. The molecule has 3 rings (SSSR count). The van der Waals surface area contributed by atoms with Crippen LogP contribution in [0.15, 0.2) is 59.7 Å². The van der Waals surface area contributed by atoms with E-state index in [0.717, 1.165) is 12.1 Å². The Bertz CT molecular complexity index is 801. The maximum absolute atomic E-state index is 5.12. The lowest BCUT2D eigenvalue weighted by Crippen LogP contribution is -2.31. The Morgan fingerprint density at radius 1 is 1.05 bits per heavy atom. The first-order valence-corrected chi connectivity index (χ1v) is 7.68. The van der Waals surface area contributed by atoms with Crippen molar-refractivity contribution < 1.29 is 0 Å². The Morgan fingerprint density at radius 2 is 1.64 bits per heavy atom. The average molecular weight is 307 g/mol. The summed E-state index contributed by atoms with van der Waals surface area (Å²) in [6, 6.07) is 18.9. The zero-order valence-electron chi connectivity index (χ0n) is 12.3. The molecule has 0 bridgehead atoms.